The van der Waals surface area contributed by atoms with Crippen molar-refractivity contribution in [2.75, 3.05) is 12.9 Å². The quantitative estimate of drug-likeness (QED) is 0.654. The van der Waals surface area contributed by atoms with E-state index in [4.69, 9.17) is 4.74 Å². The van der Waals surface area contributed by atoms with Gasteiger partial charge in [0, 0.05) is 4.90 Å². The van der Waals surface area contributed by atoms with Gasteiger partial charge in [0.1, 0.15) is 0 Å². The number of imide groups is 1. The van der Waals surface area contributed by atoms with Crippen LogP contribution in [0.1, 0.15) is 24.5 Å². The highest BCUT2D eigenvalue weighted by molar-refractivity contribution is 8.00. The molecule has 0 saturated heterocycles. The third kappa shape index (κ3) is 4.99. The average Bonchev–Trinajstić information content (AvgIpc) is 3.00. The first-order valence-corrected chi connectivity index (χ1v) is 8.31. The number of amides is 2. The number of fused-ring (bicyclic) bond motifs is 1. The van der Waals surface area contributed by atoms with Crippen LogP contribution in [0.3, 0.4) is 0 Å². The van der Waals surface area contributed by atoms with E-state index in [-0.39, 0.29) is 5.75 Å². The molecule has 0 fully saturated rings. The maximum absolute atomic E-state index is 11.8. The number of aryl methyl sites for hydroxylation is 2. The van der Waals surface area contributed by atoms with Crippen molar-refractivity contribution in [1.29, 1.82) is 0 Å². The Kier molecular flexibility index (Phi) is 6.04. The van der Waals surface area contributed by atoms with Crippen molar-refractivity contribution in [2.45, 2.75) is 37.2 Å². The normalized spacial score (nSPS) is 13.8. The van der Waals surface area contributed by atoms with Gasteiger partial charge in [-0.1, -0.05) is 6.07 Å². The van der Waals surface area contributed by atoms with Gasteiger partial charge in [0.2, 0.25) is 0 Å². The monoisotopic (exact) mass is 337 g/mol. The van der Waals surface area contributed by atoms with Crippen LogP contribution in [0.4, 0.5) is 4.79 Å². The molecule has 1 aromatic rings. The van der Waals surface area contributed by atoms with E-state index < -0.39 is 24.1 Å². The van der Waals surface area contributed by atoms with Crippen molar-refractivity contribution in [2.24, 2.45) is 0 Å². The highest BCUT2D eigenvalue weighted by atomic mass is 32.2. The van der Waals surface area contributed by atoms with Crippen molar-refractivity contribution < 1.29 is 23.9 Å². The second kappa shape index (κ2) is 8.01. The molecule has 7 heteroatoms. The molecule has 0 aromatic heterocycles. The molecule has 1 N–H and O–H groups in total. The number of esters is 1. The molecular formula is C16H19NO5S. The van der Waals surface area contributed by atoms with Crippen molar-refractivity contribution in [3.05, 3.63) is 29.3 Å². The van der Waals surface area contributed by atoms with E-state index in [0.717, 1.165) is 24.8 Å². The minimum atomic E-state index is -1.05. The molecule has 0 aliphatic heterocycles. The van der Waals surface area contributed by atoms with Gasteiger partial charge in [0.15, 0.2) is 6.10 Å². The van der Waals surface area contributed by atoms with Gasteiger partial charge >= 0.3 is 12.1 Å². The van der Waals surface area contributed by atoms with Gasteiger partial charge in [-0.3, -0.25) is 14.9 Å². The lowest BCUT2D eigenvalue weighted by Crippen LogP contribution is -2.39. The Morgan fingerprint density at radius 2 is 2.00 bits per heavy atom. The number of alkyl carbamates (subject to hydrolysis) is 1. The molecule has 2 rings (SSSR count). The lowest BCUT2D eigenvalue weighted by Gasteiger charge is -2.12. The van der Waals surface area contributed by atoms with Gasteiger partial charge in [-0.15, -0.1) is 11.8 Å². The number of ether oxygens (including phenoxy) is 2. The Bertz CT molecular complexity index is 616. The van der Waals surface area contributed by atoms with Crippen LogP contribution in [0, 0.1) is 0 Å². The van der Waals surface area contributed by atoms with Gasteiger partial charge in [-0.25, -0.2) is 4.79 Å². The van der Waals surface area contributed by atoms with E-state index in [2.05, 4.69) is 16.9 Å². The summed E-state index contributed by atoms with van der Waals surface area (Å²) in [6.45, 7) is 1.40. The zero-order valence-corrected chi connectivity index (χ0v) is 13.9. The second-order valence-corrected chi connectivity index (χ2v) is 6.23. The summed E-state index contributed by atoms with van der Waals surface area (Å²) in [4.78, 5) is 35.3. The molecular weight excluding hydrogens is 318 g/mol. The SMILES string of the molecule is COC(=O)NC(=O)[C@H](C)OC(=O)CSc1ccc2c(c1)CCC2. The topological polar surface area (TPSA) is 81.7 Å². The zero-order valence-electron chi connectivity index (χ0n) is 13.1. The van der Waals surface area contributed by atoms with Crippen LogP contribution in [-0.4, -0.2) is 36.9 Å². The number of nitrogens with one attached hydrogen (secondary N) is 1. The molecule has 0 unspecified atom stereocenters. The zero-order chi connectivity index (χ0) is 16.8. The predicted molar refractivity (Wildman–Crippen MR) is 85.3 cm³/mol. The Labute approximate surface area is 138 Å². The molecule has 1 aliphatic carbocycles. The molecule has 0 bridgehead atoms. The summed E-state index contributed by atoms with van der Waals surface area (Å²) >= 11 is 1.37. The molecule has 1 atom stereocenters. The van der Waals surface area contributed by atoms with Crippen molar-refractivity contribution in [3.8, 4) is 0 Å². The van der Waals surface area contributed by atoms with E-state index >= 15 is 0 Å². The summed E-state index contributed by atoms with van der Waals surface area (Å²) in [6, 6.07) is 6.20. The van der Waals surface area contributed by atoms with Gasteiger partial charge in [-0.2, -0.15) is 0 Å². The summed E-state index contributed by atoms with van der Waals surface area (Å²) in [5.41, 5.74) is 2.72. The standard InChI is InChI=1S/C16H19NO5S/c1-10(15(19)17-16(20)21-2)22-14(18)9-23-13-7-6-11-4-3-5-12(11)8-13/h6-8,10H,3-5,9H2,1-2H3,(H,17,19,20)/t10-/m0/s1. The first-order chi connectivity index (χ1) is 11.0. The number of benzene rings is 1. The fourth-order valence-corrected chi connectivity index (χ4v) is 3.06. The number of carbonyl (C=O) groups excluding carboxylic acids is 3. The number of rotatable bonds is 5. The van der Waals surface area contributed by atoms with Gasteiger partial charge in [0.25, 0.3) is 5.91 Å². The number of hydrogen-bond donors (Lipinski definition) is 1. The molecule has 0 saturated carbocycles. The van der Waals surface area contributed by atoms with E-state index in [1.54, 1.807) is 0 Å². The van der Waals surface area contributed by atoms with Crippen LogP contribution in [0.15, 0.2) is 23.1 Å². The van der Waals surface area contributed by atoms with E-state index in [1.807, 2.05) is 11.4 Å². The van der Waals surface area contributed by atoms with Gasteiger partial charge in [0.05, 0.1) is 12.9 Å². The molecule has 1 aliphatic rings. The maximum atomic E-state index is 11.8. The fraction of sp³-hybridized carbons (Fsp3) is 0.438. The molecule has 23 heavy (non-hydrogen) atoms. The molecule has 0 radical (unpaired) electrons. The van der Waals surface area contributed by atoms with Crippen LogP contribution < -0.4 is 5.32 Å². The molecule has 1 aromatic carbocycles. The fourth-order valence-electron chi connectivity index (χ4n) is 2.32. The van der Waals surface area contributed by atoms with E-state index in [1.165, 1.54) is 36.2 Å². The van der Waals surface area contributed by atoms with E-state index in [0.29, 0.717) is 0 Å². The van der Waals surface area contributed by atoms with E-state index in [9.17, 15) is 14.4 Å². The predicted octanol–water partition coefficient (Wildman–Crippen LogP) is 2.08. The van der Waals surface area contributed by atoms with Crippen LogP contribution in [0.2, 0.25) is 0 Å². The van der Waals surface area contributed by atoms with Gasteiger partial charge < -0.3 is 9.47 Å². The lowest BCUT2D eigenvalue weighted by atomic mass is 10.1. The highest BCUT2D eigenvalue weighted by Gasteiger charge is 2.20. The highest BCUT2D eigenvalue weighted by Crippen LogP contribution is 2.27. The average molecular weight is 337 g/mol. The van der Waals surface area contributed by atoms with Crippen LogP contribution in [0.5, 0.6) is 0 Å². The maximum Gasteiger partial charge on any atom is 0.413 e. The summed E-state index contributed by atoms with van der Waals surface area (Å²) in [7, 11) is 1.15. The molecule has 0 heterocycles. The first kappa shape index (κ1) is 17.3. The summed E-state index contributed by atoms with van der Waals surface area (Å²) < 4.78 is 9.29. The molecule has 0 spiro atoms. The van der Waals surface area contributed by atoms with Crippen LogP contribution >= 0.6 is 11.8 Å². The van der Waals surface area contributed by atoms with Crippen molar-refractivity contribution >= 4 is 29.7 Å². The minimum absolute atomic E-state index is 0.106. The Morgan fingerprint density at radius 1 is 1.26 bits per heavy atom. The molecule has 124 valence electrons. The first-order valence-electron chi connectivity index (χ1n) is 7.32. The Morgan fingerprint density at radius 3 is 2.74 bits per heavy atom. The smallest absolute Gasteiger partial charge is 0.413 e. The van der Waals surface area contributed by atoms with Crippen molar-refractivity contribution in [3.63, 3.8) is 0 Å². The van der Waals surface area contributed by atoms with Crippen molar-refractivity contribution in [1.82, 2.24) is 5.32 Å². The molecule has 6 nitrogen and oxygen atoms in total. The third-order valence-corrected chi connectivity index (χ3v) is 4.48. The summed E-state index contributed by atoms with van der Waals surface area (Å²) in [6.07, 6.45) is 1.44. The molecule has 2 amide bonds. The van der Waals surface area contributed by atoms with Gasteiger partial charge in [-0.05, 0) is 49.4 Å². The van der Waals surface area contributed by atoms with Crippen LogP contribution in [0.25, 0.3) is 0 Å². The second-order valence-electron chi connectivity index (χ2n) is 5.19. The lowest BCUT2D eigenvalue weighted by molar-refractivity contribution is -0.152. The minimum Gasteiger partial charge on any atom is -0.453 e. The summed E-state index contributed by atoms with van der Waals surface area (Å²) in [5, 5.41) is 1.95. The Balaban J connectivity index is 1.78. The van der Waals surface area contributed by atoms with Crippen LogP contribution in [-0.2, 0) is 31.9 Å². The Hall–Kier alpha value is -2.02. The number of hydrogen-bond acceptors (Lipinski definition) is 6. The largest absolute Gasteiger partial charge is 0.453 e. The summed E-state index contributed by atoms with van der Waals surface area (Å²) in [5.74, 6) is -1.12. The number of thioether (sulfide) groups is 1. The third-order valence-electron chi connectivity index (χ3n) is 3.51. The number of methoxy groups -OCH3 is 1. The number of carbonyl (C=O) groups is 3.